The van der Waals surface area contributed by atoms with Gasteiger partial charge in [-0.05, 0) is 37.9 Å². The molecule has 1 aliphatic rings. The number of carbonyl (C=O) groups excluding carboxylic acids is 1. The number of nitrogens with one attached hydrogen (secondary N) is 1. The number of rotatable bonds is 6. The first-order chi connectivity index (χ1) is 14.7. The van der Waals surface area contributed by atoms with Gasteiger partial charge in [0.05, 0.1) is 11.7 Å². The molecule has 4 rings (SSSR count). The van der Waals surface area contributed by atoms with Crippen molar-refractivity contribution in [2.45, 2.75) is 18.8 Å². The van der Waals surface area contributed by atoms with Gasteiger partial charge in [-0.15, -0.1) is 13.2 Å². The topological polar surface area (TPSA) is 64.3 Å². The lowest BCUT2D eigenvalue weighted by Gasteiger charge is -2.26. The van der Waals surface area contributed by atoms with E-state index in [4.69, 9.17) is 0 Å². The third-order valence-electron chi connectivity index (χ3n) is 4.75. The van der Waals surface area contributed by atoms with Gasteiger partial charge in [-0.2, -0.15) is 0 Å². The molecule has 11 heteroatoms. The summed E-state index contributed by atoms with van der Waals surface area (Å²) in [5.74, 6) is -0.527. The molecule has 0 aliphatic carbocycles. The van der Waals surface area contributed by atoms with Crippen molar-refractivity contribution < 1.29 is 22.7 Å². The number of hydrogen-bond donors (Lipinski definition) is 1. The first-order valence-corrected chi connectivity index (χ1v) is 10.2. The zero-order valence-electron chi connectivity index (χ0n) is 16.8. The highest BCUT2D eigenvalue weighted by Crippen LogP contribution is 2.32. The molecule has 0 radical (unpaired) electrons. The van der Waals surface area contributed by atoms with E-state index in [0.29, 0.717) is 29.8 Å². The first kappa shape index (κ1) is 21.3. The lowest BCUT2D eigenvalue weighted by Crippen LogP contribution is -2.39. The van der Waals surface area contributed by atoms with Crippen LogP contribution in [0.2, 0.25) is 0 Å². The number of imidazole rings is 1. The highest BCUT2D eigenvalue weighted by atomic mass is 32.2. The smallest absolute Gasteiger partial charge is 0.406 e. The van der Waals surface area contributed by atoms with Crippen molar-refractivity contribution in [1.29, 1.82) is 0 Å². The van der Waals surface area contributed by atoms with E-state index in [1.54, 1.807) is 30.9 Å². The minimum absolute atomic E-state index is 0.0609. The van der Waals surface area contributed by atoms with Gasteiger partial charge in [0.25, 0.3) is 5.91 Å². The van der Waals surface area contributed by atoms with Crippen LogP contribution in [0.3, 0.4) is 0 Å². The van der Waals surface area contributed by atoms with E-state index in [1.807, 2.05) is 26.9 Å². The average molecular weight is 451 g/mol. The maximum atomic E-state index is 12.6. The predicted molar refractivity (Wildman–Crippen MR) is 111 cm³/mol. The third kappa shape index (κ3) is 4.88. The molecule has 0 saturated heterocycles. The molecule has 1 aromatic carbocycles. The summed E-state index contributed by atoms with van der Waals surface area (Å²) in [5.41, 5.74) is 2.62. The van der Waals surface area contributed by atoms with Gasteiger partial charge in [-0.1, -0.05) is 12.1 Å². The molecule has 7 nitrogen and oxygen atoms in total. The molecule has 0 bridgehead atoms. The second-order valence-corrected chi connectivity index (χ2v) is 8.56. The fraction of sp³-hybridized carbons (Fsp3) is 0.300. The molecular weight excluding hydrogens is 431 g/mol. The fourth-order valence-electron chi connectivity index (χ4n) is 3.51. The Hall–Kier alpha value is -2.92. The van der Waals surface area contributed by atoms with Crippen molar-refractivity contribution in [3.8, 4) is 16.9 Å². The predicted octanol–water partition coefficient (Wildman–Crippen LogP) is 3.75. The molecule has 0 spiro atoms. The van der Waals surface area contributed by atoms with Crippen LogP contribution in [0.4, 0.5) is 13.2 Å². The Morgan fingerprint density at radius 3 is 2.84 bits per heavy atom. The Morgan fingerprint density at radius 2 is 2.10 bits per heavy atom. The maximum Gasteiger partial charge on any atom is 0.573 e. The molecule has 0 unspecified atom stereocenters. The Bertz CT molecular complexity index is 1090. The molecule has 2 aromatic heterocycles. The van der Waals surface area contributed by atoms with E-state index in [1.165, 1.54) is 30.3 Å². The van der Waals surface area contributed by atoms with Gasteiger partial charge in [0, 0.05) is 43.1 Å². The van der Waals surface area contributed by atoms with Gasteiger partial charge in [0.2, 0.25) is 0 Å². The number of alkyl halides is 3. The van der Waals surface area contributed by atoms with Crippen LogP contribution in [0.5, 0.6) is 5.75 Å². The second kappa shape index (κ2) is 8.31. The van der Waals surface area contributed by atoms with Gasteiger partial charge in [-0.3, -0.25) is 8.77 Å². The highest BCUT2D eigenvalue weighted by Gasteiger charge is 2.31. The minimum Gasteiger partial charge on any atom is -0.406 e. The van der Waals surface area contributed by atoms with Crippen LogP contribution in [0.15, 0.2) is 49.1 Å². The van der Waals surface area contributed by atoms with Crippen LogP contribution < -0.4 is 10.1 Å². The summed E-state index contributed by atoms with van der Waals surface area (Å²) in [6.07, 6.45) is 1.17. The van der Waals surface area contributed by atoms with Crippen molar-refractivity contribution in [1.82, 2.24) is 23.1 Å². The Balaban J connectivity index is 1.63. The van der Waals surface area contributed by atoms with E-state index in [-0.39, 0.29) is 17.7 Å². The van der Waals surface area contributed by atoms with Crippen LogP contribution in [0.25, 0.3) is 11.1 Å². The first-order valence-electron chi connectivity index (χ1n) is 9.43. The maximum absolute atomic E-state index is 12.6. The molecule has 1 N–H and O–H groups in total. The van der Waals surface area contributed by atoms with Gasteiger partial charge in [0.15, 0.2) is 0 Å². The number of carbonyl (C=O) groups is 1. The minimum atomic E-state index is -4.77. The standard InChI is InChI=1S/C20H20F3N5O2S/c1-26(2)31-28-12-24-9-16(28)8-15-10-25-19(29)18-7-14(11-27(15)18)13-4-3-5-17(6-13)30-20(21,22)23/h3-7,9,11-12,15H,8,10H2,1-2H3,(H,25,29)/t15-/m0/s1. The molecular formula is C20H20F3N5O2S. The summed E-state index contributed by atoms with van der Waals surface area (Å²) in [7, 11) is 3.87. The van der Waals surface area contributed by atoms with Gasteiger partial charge in [-0.25, -0.2) is 9.29 Å². The van der Waals surface area contributed by atoms with Crippen LogP contribution in [0, 0.1) is 0 Å². The third-order valence-corrected chi connectivity index (χ3v) is 5.58. The molecule has 3 heterocycles. The molecule has 31 heavy (non-hydrogen) atoms. The van der Waals surface area contributed by atoms with E-state index in [9.17, 15) is 18.0 Å². The Labute approximate surface area is 181 Å². The largest absolute Gasteiger partial charge is 0.573 e. The number of benzene rings is 1. The molecule has 3 aromatic rings. The Morgan fingerprint density at radius 1 is 1.29 bits per heavy atom. The van der Waals surface area contributed by atoms with Crippen LogP contribution in [-0.2, 0) is 6.42 Å². The SMILES string of the molecule is CN(C)Sn1cncc1C[C@H]1CNC(=O)c2cc(-c3cccc(OC(F)(F)F)c3)cn21. The van der Waals surface area contributed by atoms with Crippen molar-refractivity contribution in [3.05, 3.63) is 60.4 Å². The fourth-order valence-corrected chi connectivity index (χ4v) is 4.18. The van der Waals surface area contributed by atoms with E-state index < -0.39 is 6.36 Å². The van der Waals surface area contributed by atoms with Crippen LogP contribution in [-0.4, -0.2) is 50.7 Å². The number of nitrogens with zero attached hydrogens (tertiary/aromatic N) is 4. The molecule has 0 fully saturated rings. The number of halogens is 3. The number of ether oxygens (including phenoxy) is 1. The summed E-state index contributed by atoms with van der Waals surface area (Å²) in [6, 6.07) is 7.34. The molecule has 1 atom stereocenters. The summed E-state index contributed by atoms with van der Waals surface area (Å²) >= 11 is 1.50. The van der Waals surface area contributed by atoms with Crippen molar-refractivity contribution in [2.24, 2.45) is 0 Å². The quantitative estimate of drug-likeness (QED) is 0.579. The van der Waals surface area contributed by atoms with Gasteiger partial charge >= 0.3 is 6.36 Å². The second-order valence-electron chi connectivity index (χ2n) is 7.27. The lowest BCUT2D eigenvalue weighted by atomic mass is 10.1. The van der Waals surface area contributed by atoms with Crippen LogP contribution >= 0.6 is 12.1 Å². The summed E-state index contributed by atoms with van der Waals surface area (Å²) in [4.78, 5) is 16.6. The monoisotopic (exact) mass is 451 g/mol. The van der Waals surface area contributed by atoms with Crippen molar-refractivity contribution in [3.63, 3.8) is 0 Å². The highest BCUT2D eigenvalue weighted by molar-refractivity contribution is 7.95. The lowest BCUT2D eigenvalue weighted by molar-refractivity contribution is -0.274. The van der Waals surface area contributed by atoms with Crippen LogP contribution in [0.1, 0.15) is 22.2 Å². The number of amides is 1. The zero-order valence-corrected chi connectivity index (χ0v) is 17.6. The molecule has 1 aliphatic heterocycles. The molecule has 1 amide bonds. The normalized spacial score (nSPS) is 16.3. The number of hydrogen-bond acceptors (Lipinski definition) is 5. The van der Waals surface area contributed by atoms with E-state index in [2.05, 4.69) is 15.0 Å². The molecule has 0 saturated carbocycles. The zero-order chi connectivity index (χ0) is 22.2. The number of fused-ring (bicyclic) bond motifs is 1. The van der Waals surface area contributed by atoms with Gasteiger partial charge < -0.3 is 14.6 Å². The summed E-state index contributed by atoms with van der Waals surface area (Å²) in [6.45, 7) is 0.439. The average Bonchev–Trinajstić information content (AvgIpc) is 3.30. The van der Waals surface area contributed by atoms with E-state index >= 15 is 0 Å². The van der Waals surface area contributed by atoms with Gasteiger partial charge in [0.1, 0.15) is 17.8 Å². The summed E-state index contributed by atoms with van der Waals surface area (Å²) in [5, 5.41) is 2.89. The number of aromatic nitrogens is 3. The van der Waals surface area contributed by atoms with Crippen molar-refractivity contribution >= 4 is 18.0 Å². The Kier molecular flexibility index (Phi) is 5.71. The molecule has 164 valence electrons. The van der Waals surface area contributed by atoms with Crippen molar-refractivity contribution in [2.75, 3.05) is 20.6 Å². The summed E-state index contributed by atoms with van der Waals surface area (Å²) < 4.78 is 47.5. The van der Waals surface area contributed by atoms with E-state index in [0.717, 1.165) is 5.69 Å².